The van der Waals surface area contributed by atoms with Crippen LogP contribution in [0.25, 0.3) is 0 Å². The van der Waals surface area contributed by atoms with Crippen molar-refractivity contribution < 1.29 is 9.53 Å². The average molecular weight is 243 g/mol. The SMILES string of the molecule is CSC1CC2(C1)CN(C(=O)OC(C)(C)C)C2. The van der Waals surface area contributed by atoms with Crippen molar-refractivity contribution in [2.45, 2.75) is 44.5 Å². The van der Waals surface area contributed by atoms with Crippen LogP contribution >= 0.6 is 11.8 Å². The average Bonchev–Trinajstić information content (AvgIpc) is 1.95. The summed E-state index contributed by atoms with van der Waals surface area (Å²) in [6.07, 6.45) is 4.56. The third-order valence-corrected chi connectivity index (χ3v) is 4.36. The van der Waals surface area contributed by atoms with Crippen LogP contribution in [0.5, 0.6) is 0 Å². The molecule has 1 saturated carbocycles. The van der Waals surface area contributed by atoms with E-state index in [0.717, 1.165) is 18.3 Å². The van der Waals surface area contributed by atoms with Gasteiger partial charge in [-0.1, -0.05) is 0 Å². The molecular formula is C12H21NO2S. The molecule has 1 aliphatic heterocycles. The Balaban J connectivity index is 1.75. The van der Waals surface area contributed by atoms with E-state index in [1.807, 2.05) is 37.4 Å². The van der Waals surface area contributed by atoms with Gasteiger partial charge in [-0.05, 0) is 39.9 Å². The molecule has 2 aliphatic rings. The normalized spacial score (nSPS) is 23.9. The summed E-state index contributed by atoms with van der Waals surface area (Å²) >= 11 is 1.95. The van der Waals surface area contributed by atoms with Gasteiger partial charge in [0.25, 0.3) is 0 Å². The monoisotopic (exact) mass is 243 g/mol. The molecule has 0 bridgehead atoms. The summed E-state index contributed by atoms with van der Waals surface area (Å²) in [7, 11) is 0. The highest BCUT2D eigenvalue weighted by molar-refractivity contribution is 7.99. The van der Waals surface area contributed by atoms with Crippen molar-refractivity contribution in [2.75, 3.05) is 19.3 Å². The molecule has 2 rings (SSSR count). The van der Waals surface area contributed by atoms with Crippen molar-refractivity contribution in [3.05, 3.63) is 0 Å². The molecule has 0 N–H and O–H groups in total. The Morgan fingerprint density at radius 1 is 1.38 bits per heavy atom. The second-order valence-corrected chi connectivity index (χ2v) is 7.24. The van der Waals surface area contributed by atoms with Crippen molar-refractivity contribution in [3.8, 4) is 0 Å². The van der Waals surface area contributed by atoms with Gasteiger partial charge in [-0.2, -0.15) is 11.8 Å². The molecule has 92 valence electrons. The van der Waals surface area contributed by atoms with Crippen molar-refractivity contribution in [1.82, 2.24) is 4.90 Å². The maximum Gasteiger partial charge on any atom is 0.410 e. The molecule has 0 unspecified atom stereocenters. The van der Waals surface area contributed by atoms with Crippen molar-refractivity contribution in [1.29, 1.82) is 0 Å². The summed E-state index contributed by atoms with van der Waals surface area (Å²) in [5.41, 5.74) is 0.0752. The number of likely N-dealkylation sites (tertiary alicyclic amines) is 1. The zero-order valence-electron chi connectivity index (χ0n) is 10.6. The van der Waals surface area contributed by atoms with E-state index < -0.39 is 0 Å². The lowest BCUT2D eigenvalue weighted by Crippen LogP contribution is -2.64. The van der Waals surface area contributed by atoms with E-state index in [9.17, 15) is 4.79 Å². The zero-order valence-corrected chi connectivity index (χ0v) is 11.4. The second kappa shape index (κ2) is 3.83. The fourth-order valence-electron chi connectivity index (χ4n) is 2.55. The second-order valence-electron chi connectivity index (χ2n) is 6.10. The number of rotatable bonds is 1. The third kappa shape index (κ3) is 2.31. The molecule has 16 heavy (non-hydrogen) atoms. The van der Waals surface area contributed by atoms with Gasteiger partial charge < -0.3 is 9.64 Å². The van der Waals surface area contributed by atoms with Crippen molar-refractivity contribution >= 4 is 17.9 Å². The van der Waals surface area contributed by atoms with Gasteiger partial charge in [-0.3, -0.25) is 0 Å². The first kappa shape index (κ1) is 12.1. The van der Waals surface area contributed by atoms with Crippen molar-refractivity contribution in [2.24, 2.45) is 5.41 Å². The summed E-state index contributed by atoms with van der Waals surface area (Å²) in [6.45, 7) is 7.53. The van der Waals surface area contributed by atoms with Gasteiger partial charge in [0.05, 0.1) is 0 Å². The summed E-state index contributed by atoms with van der Waals surface area (Å²) in [5.74, 6) is 0. The van der Waals surface area contributed by atoms with E-state index in [1.54, 1.807) is 0 Å². The van der Waals surface area contributed by atoms with Gasteiger partial charge in [-0.15, -0.1) is 0 Å². The molecule has 2 fully saturated rings. The molecule has 0 aromatic rings. The Morgan fingerprint density at radius 3 is 2.38 bits per heavy atom. The summed E-state index contributed by atoms with van der Waals surface area (Å²) < 4.78 is 5.34. The standard InChI is InChI=1S/C12H21NO2S/c1-11(2,3)15-10(14)13-7-12(8-13)5-9(6-12)16-4/h9H,5-8H2,1-4H3. The van der Waals surface area contributed by atoms with Crippen LogP contribution < -0.4 is 0 Å². The molecule has 4 heteroatoms. The quantitative estimate of drug-likeness (QED) is 0.709. The Morgan fingerprint density at radius 2 is 1.94 bits per heavy atom. The molecule has 1 aliphatic carbocycles. The summed E-state index contributed by atoms with van der Waals surface area (Å²) in [5, 5.41) is 0.820. The number of hydrogen-bond acceptors (Lipinski definition) is 3. The first-order chi connectivity index (χ1) is 7.34. The molecule has 1 saturated heterocycles. The highest BCUT2D eigenvalue weighted by atomic mass is 32.2. The van der Waals surface area contributed by atoms with Gasteiger partial charge in [0.2, 0.25) is 0 Å². The third-order valence-electron chi connectivity index (χ3n) is 3.36. The van der Waals surface area contributed by atoms with Gasteiger partial charge in [0.1, 0.15) is 5.60 Å². The molecule has 1 spiro atoms. The number of nitrogens with zero attached hydrogens (tertiary/aromatic N) is 1. The number of amides is 1. The molecule has 0 atom stereocenters. The van der Waals surface area contributed by atoms with Crippen LogP contribution in [-0.4, -0.2) is 41.2 Å². The lowest BCUT2D eigenvalue weighted by atomic mass is 9.63. The number of thioether (sulfide) groups is 1. The summed E-state index contributed by atoms with van der Waals surface area (Å²) in [6, 6.07) is 0. The molecule has 1 heterocycles. The van der Waals surface area contributed by atoms with E-state index in [4.69, 9.17) is 4.74 Å². The maximum absolute atomic E-state index is 11.7. The minimum atomic E-state index is -0.374. The molecular weight excluding hydrogens is 222 g/mol. The first-order valence-corrected chi connectivity index (χ1v) is 7.13. The van der Waals surface area contributed by atoms with Crippen LogP contribution in [0.1, 0.15) is 33.6 Å². The molecule has 0 radical (unpaired) electrons. The van der Waals surface area contributed by atoms with Crippen LogP contribution in [0, 0.1) is 5.41 Å². The fourth-order valence-corrected chi connectivity index (χ4v) is 3.59. The predicted molar refractivity (Wildman–Crippen MR) is 66.8 cm³/mol. The van der Waals surface area contributed by atoms with Gasteiger partial charge in [0.15, 0.2) is 0 Å². The predicted octanol–water partition coefficient (Wildman–Crippen LogP) is 2.75. The zero-order chi connectivity index (χ0) is 12.0. The van der Waals surface area contributed by atoms with Crippen molar-refractivity contribution in [3.63, 3.8) is 0 Å². The van der Waals surface area contributed by atoms with E-state index in [-0.39, 0.29) is 11.7 Å². The van der Waals surface area contributed by atoms with E-state index in [0.29, 0.717) is 5.41 Å². The minimum Gasteiger partial charge on any atom is -0.444 e. The fraction of sp³-hybridized carbons (Fsp3) is 0.917. The van der Waals surface area contributed by atoms with Gasteiger partial charge >= 0.3 is 6.09 Å². The molecule has 0 aromatic carbocycles. The number of ether oxygens (including phenoxy) is 1. The molecule has 3 nitrogen and oxygen atoms in total. The molecule has 0 aromatic heterocycles. The van der Waals surface area contributed by atoms with E-state index in [1.165, 1.54) is 12.8 Å². The van der Waals surface area contributed by atoms with Gasteiger partial charge in [0, 0.05) is 23.8 Å². The number of hydrogen-bond donors (Lipinski definition) is 0. The minimum absolute atomic E-state index is 0.147. The Labute approximate surface area is 102 Å². The van der Waals surface area contributed by atoms with Crippen LogP contribution in [0.3, 0.4) is 0 Å². The highest BCUT2D eigenvalue weighted by Gasteiger charge is 2.54. The van der Waals surface area contributed by atoms with E-state index >= 15 is 0 Å². The summed E-state index contributed by atoms with van der Waals surface area (Å²) in [4.78, 5) is 13.6. The Hall–Kier alpha value is -0.380. The van der Waals surface area contributed by atoms with Crippen LogP contribution in [0.15, 0.2) is 0 Å². The van der Waals surface area contributed by atoms with Crippen LogP contribution in [-0.2, 0) is 4.74 Å². The Kier molecular flexibility index (Phi) is 2.89. The van der Waals surface area contributed by atoms with Gasteiger partial charge in [-0.25, -0.2) is 4.79 Å². The smallest absolute Gasteiger partial charge is 0.410 e. The lowest BCUT2D eigenvalue weighted by Gasteiger charge is -2.58. The largest absolute Gasteiger partial charge is 0.444 e. The maximum atomic E-state index is 11.7. The first-order valence-electron chi connectivity index (χ1n) is 5.84. The lowest BCUT2D eigenvalue weighted by molar-refractivity contribution is -0.0660. The van der Waals surface area contributed by atoms with E-state index in [2.05, 4.69) is 6.26 Å². The topological polar surface area (TPSA) is 29.5 Å². The number of carbonyl (C=O) groups excluding carboxylic acids is 1. The highest BCUT2D eigenvalue weighted by Crippen LogP contribution is 2.52. The van der Waals surface area contributed by atoms with Crippen LogP contribution in [0.2, 0.25) is 0 Å². The molecule has 1 amide bonds. The Bertz CT molecular complexity index is 284. The number of carbonyl (C=O) groups is 1. The van der Waals surface area contributed by atoms with Crippen LogP contribution in [0.4, 0.5) is 4.79 Å².